The molecule has 2 fully saturated rings. The van der Waals surface area contributed by atoms with Crippen LogP contribution < -0.4 is 0 Å². The van der Waals surface area contributed by atoms with Crippen LogP contribution in [0.3, 0.4) is 0 Å². The lowest BCUT2D eigenvalue weighted by molar-refractivity contribution is -0.151. The third kappa shape index (κ3) is 3.56. The molecule has 0 N–H and O–H groups in total. The molecule has 2 aliphatic carbocycles. The van der Waals surface area contributed by atoms with E-state index in [0.717, 1.165) is 18.4 Å². The lowest BCUT2D eigenvalue weighted by atomic mass is 9.63. The van der Waals surface area contributed by atoms with Gasteiger partial charge in [0, 0.05) is 0 Å². The SMILES string of the molecule is C=C(CO[Si](C)(C)C(C)(C)C)C1(C(=O)OC)C[C@H]2CCC[C@H](C)[C@@]2(C)C1. The van der Waals surface area contributed by atoms with Gasteiger partial charge in [-0.2, -0.15) is 0 Å². The molecule has 0 aromatic carbocycles. The van der Waals surface area contributed by atoms with Gasteiger partial charge in [-0.3, -0.25) is 4.79 Å². The van der Waals surface area contributed by atoms with Gasteiger partial charge in [-0.05, 0) is 60.2 Å². The summed E-state index contributed by atoms with van der Waals surface area (Å²) in [4.78, 5) is 13.0. The van der Waals surface area contributed by atoms with Gasteiger partial charge in [0.2, 0.25) is 0 Å². The average Bonchev–Trinajstić information content (AvgIpc) is 2.87. The van der Waals surface area contributed by atoms with Crippen molar-refractivity contribution < 1.29 is 14.0 Å². The minimum Gasteiger partial charge on any atom is -0.468 e. The number of fused-ring (bicyclic) bond motifs is 1. The van der Waals surface area contributed by atoms with Crippen molar-refractivity contribution in [2.24, 2.45) is 22.7 Å². The molecule has 0 aliphatic heterocycles. The first-order valence-electron chi connectivity index (χ1n) is 10.2. The Hall–Kier alpha value is -0.613. The minimum atomic E-state index is -1.88. The molecule has 0 saturated heterocycles. The molecule has 0 spiro atoms. The maximum absolute atomic E-state index is 13.0. The summed E-state index contributed by atoms with van der Waals surface area (Å²) < 4.78 is 11.7. The highest BCUT2D eigenvalue weighted by Gasteiger charge is 2.60. The Balaban J connectivity index is 2.26. The lowest BCUT2D eigenvalue weighted by Crippen LogP contribution is -2.43. The van der Waals surface area contributed by atoms with Crippen LogP contribution in [0.2, 0.25) is 18.1 Å². The van der Waals surface area contributed by atoms with Crippen LogP contribution in [0.1, 0.15) is 66.7 Å². The van der Waals surface area contributed by atoms with Crippen molar-refractivity contribution in [3.05, 3.63) is 12.2 Å². The summed E-state index contributed by atoms with van der Waals surface area (Å²) in [6, 6.07) is 0. The molecule has 0 aromatic heterocycles. The summed E-state index contributed by atoms with van der Waals surface area (Å²) in [5.41, 5.74) is 0.554. The summed E-state index contributed by atoms with van der Waals surface area (Å²) in [5.74, 6) is 1.11. The quantitative estimate of drug-likeness (QED) is 0.335. The fourth-order valence-electron chi connectivity index (χ4n) is 4.92. The number of carbonyl (C=O) groups excluding carboxylic acids is 1. The molecule has 0 heterocycles. The van der Waals surface area contributed by atoms with E-state index in [-0.39, 0.29) is 16.4 Å². The zero-order valence-corrected chi connectivity index (χ0v) is 19.3. The van der Waals surface area contributed by atoms with Gasteiger partial charge in [-0.25, -0.2) is 0 Å². The number of esters is 1. The van der Waals surface area contributed by atoms with Crippen molar-refractivity contribution in [3.8, 4) is 0 Å². The molecule has 0 bridgehead atoms. The highest BCUT2D eigenvalue weighted by Crippen LogP contribution is 2.63. The van der Waals surface area contributed by atoms with Crippen LogP contribution in [0.15, 0.2) is 12.2 Å². The van der Waals surface area contributed by atoms with E-state index in [1.807, 2.05) is 0 Å². The molecule has 150 valence electrons. The van der Waals surface area contributed by atoms with E-state index >= 15 is 0 Å². The molecular weight excluding hydrogens is 340 g/mol. The molecule has 4 atom stereocenters. The Bertz CT molecular complexity index is 562. The molecule has 0 aromatic rings. The topological polar surface area (TPSA) is 35.5 Å². The molecule has 0 amide bonds. The number of methoxy groups -OCH3 is 1. The Morgan fingerprint density at radius 2 is 1.88 bits per heavy atom. The number of hydrogen-bond acceptors (Lipinski definition) is 3. The molecule has 2 saturated carbocycles. The predicted octanol–water partition coefficient (Wildman–Crippen LogP) is 5.96. The van der Waals surface area contributed by atoms with Crippen molar-refractivity contribution >= 4 is 14.3 Å². The lowest BCUT2D eigenvalue weighted by Gasteiger charge is -2.42. The van der Waals surface area contributed by atoms with E-state index in [4.69, 9.17) is 9.16 Å². The van der Waals surface area contributed by atoms with Crippen molar-refractivity contribution in [2.45, 2.75) is 84.9 Å². The average molecular weight is 381 g/mol. The number of rotatable bonds is 5. The first-order chi connectivity index (χ1) is 11.8. The normalized spacial score (nSPS) is 35.1. The molecule has 0 radical (unpaired) electrons. The van der Waals surface area contributed by atoms with Crippen molar-refractivity contribution in [1.29, 1.82) is 0 Å². The Morgan fingerprint density at radius 1 is 1.27 bits per heavy atom. The Labute approximate surface area is 162 Å². The minimum absolute atomic E-state index is 0.107. The van der Waals surface area contributed by atoms with Gasteiger partial charge in [0.05, 0.1) is 19.1 Å². The Kier molecular flexibility index (Phi) is 5.91. The number of carbonyl (C=O) groups is 1. The van der Waals surface area contributed by atoms with Crippen LogP contribution in [0.25, 0.3) is 0 Å². The van der Waals surface area contributed by atoms with E-state index in [1.165, 1.54) is 26.4 Å². The second kappa shape index (κ2) is 7.09. The van der Waals surface area contributed by atoms with E-state index in [1.54, 1.807) is 0 Å². The largest absolute Gasteiger partial charge is 0.468 e. The zero-order valence-electron chi connectivity index (χ0n) is 18.3. The highest BCUT2D eigenvalue weighted by atomic mass is 28.4. The summed E-state index contributed by atoms with van der Waals surface area (Å²) in [6.07, 6.45) is 5.48. The second-order valence-electron chi connectivity index (χ2n) is 10.6. The third-order valence-electron chi connectivity index (χ3n) is 8.19. The van der Waals surface area contributed by atoms with E-state index in [2.05, 4.69) is 54.3 Å². The molecule has 26 heavy (non-hydrogen) atoms. The molecular formula is C22H40O3Si. The van der Waals surface area contributed by atoms with Gasteiger partial charge in [0.25, 0.3) is 0 Å². The predicted molar refractivity (Wildman–Crippen MR) is 111 cm³/mol. The third-order valence-corrected chi connectivity index (χ3v) is 12.7. The summed E-state index contributed by atoms with van der Waals surface area (Å²) in [7, 11) is -0.366. The van der Waals surface area contributed by atoms with Gasteiger partial charge >= 0.3 is 5.97 Å². The number of ether oxygens (including phenoxy) is 1. The van der Waals surface area contributed by atoms with E-state index in [0.29, 0.717) is 18.4 Å². The van der Waals surface area contributed by atoms with Gasteiger partial charge in [0.15, 0.2) is 8.32 Å². The van der Waals surface area contributed by atoms with Crippen LogP contribution in [0.4, 0.5) is 0 Å². The first kappa shape index (κ1) is 21.7. The molecule has 2 aliphatic rings. The van der Waals surface area contributed by atoms with Gasteiger partial charge in [-0.1, -0.05) is 54.0 Å². The van der Waals surface area contributed by atoms with Crippen LogP contribution in [-0.4, -0.2) is 28.0 Å². The maximum Gasteiger partial charge on any atom is 0.316 e. The van der Waals surface area contributed by atoms with Crippen molar-refractivity contribution in [1.82, 2.24) is 0 Å². The molecule has 1 unspecified atom stereocenters. The van der Waals surface area contributed by atoms with Crippen LogP contribution in [0, 0.1) is 22.7 Å². The van der Waals surface area contributed by atoms with E-state index in [9.17, 15) is 4.79 Å². The molecule has 4 heteroatoms. The van der Waals surface area contributed by atoms with Crippen LogP contribution in [-0.2, 0) is 14.0 Å². The monoisotopic (exact) mass is 380 g/mol. The summed E-state index contributed by atoms with van der Waals surface area (Å²) >= 11 is 0. The summed E-state index contributed by atoms with van der Waals surface area (Å²) in [5, 5.41) is 0.149. The highest BCUT2D eigenvalue weighted by molar-refractivity contribution is 6.74. The van der Waals surface area contributed by atoms with Crippen molar-refractivity contribution in [3.63, 3.8) is 0 Å². The van der Waals surface area contributed by atoms with E-state index < -0.39 is 13.7 Å². The fourth-order valence-corrected chi connectivity index (χ4v) is 5.88. The fraction of sp³-hybridized carbons (Fsp3) is 0.864. The Morgan fingerprint density at radius 3 is 2.38 bits per heavy atom. The zero-order chi connectivity index (χ0) is 20.0. The van der Waals surface area contributed by atoms with Crippen LogP contribution in [0.5, 0.6) is 0 Å². The molecule has 2 rings (SSSR count). The van der Waals surface area contributed by atoms with Crippen molar-refractivity contribution in [2.75, 3.05) is 13.7 Å². The smallest absolute Gasteiger partial charge is 0.316 e. The maximum atomic E-state index is 13.0. The first-order valence-corrected chi connectivity index (χ1v) is 13.1. The standard InChI is InChI=1S/C22H40O3Si/c1-16-11-10-12-18-13-22(19(23)24-7,15-21(16,18)6)17(2)14-25-26(8,9)20(3,4)5/h16,18H,2,10-15H2,1,3-9H3/t16-,18+,21+,22?/m0/s1. The van der Waals surface area contributed by atoms with Gasteiger partial charge < -0.3 is 9.16 Å². The summed E-state index contributed by atoms with van der Waals surface area (Å²) in [6.45, 7) is 20.8. The van der Waals surface area contributed by atoms with Crippen LogP contribution >= 0.6 is 0 Å². The number of hydrogen-bond donors (Lipinski definition) is 0. The van der Waals surface area contributed by atoms with Gasteiger partial charge in [0.1, 0.15) is 0 Å². The molecule has 3 nitrogen and oxygen atoms in total. The van der Waals surface area contributed by atoms with Gasteiger partial charge in [-0.15, -0.1) is 0 Å². The second-order valence-corrected chi connectivity index (χ2v) is 15.5.